The summed E-state index contributed by atoms with van der Waals surface area (Å²) in [5.41, 5.74) is 0. The topological polar surface area (TPSA) is 191 Å². The minimum atomic E-state index is -0.672. The van der Waals surface area contributed by atoms with Gasteiger partial charge >= 0.3 is 41.9 Å². The molecule has 16 heteroatoms. The van der Waals surface area contributed by atoms with Crippen LogP contribution in [0, 0.1) is 11.8 Å². The van der Waals surface area contributed by atoms with Crippen LogP contribution in [-0.2, 0) is 61.9 Å². The molecule has 0 saturated heterocycles. The number of unbranched alkanes of at least 4 members (excludes halogenated alkanes) is 36. The van der Waals surface area contributed by atoms with Gasteiger partial charge in [0.25, 0.3) is 0 Å². The van der Waals surface area contributed by atoms with Crippen molar-refractivity contribution in [2.24, 2.45) is 11.8 Å². The fraction of sp³-hybridized carbons (Fsp3) is 0.903. The van der Waals surface area contributed by atoms with Crippen molar-refractivity contribution in [1.29, 1.82) is 0 Å². The Kier molecular flexibility index (Phi) is 61.7. The predicted molar refractivity (Wildman–Crippen MR) is 354 cm³/mol. The first-order valence-electron chi connectivity index (χ1n) is 36.3. The van der Waals surface area contributed by atoms with E-state index >= 15 is 0 Å². The van der Waals surface area contributed by atoms with Crippen molar-refractivity contribution in [1.82, 2.24) is 9.80 Å². The number of esters is 6. The van der Waals surface area contributed by atoms with Crippen LogP contribution >= 0.6 is 0 Å². The van der Waals surface area contributed by atoms with E-state index in [1.807, 2.05) is 19.0 Å². The average Bonchev–Trinajstić information content (AvgIpc) is 3.53. The second-order valence-corrected chi connectivity index (χ2v) is 25.3. The highest BCUT2D eigenvalue weighted by Crippen LogP contribution is 2.18. The maximum absolute atomic E-state index is 13.4. The first-order valence-corrected chi connectivity index (χ1v) is 36.3. The van der Waals surface area contributed by atoms with Gasteiger partial charge in [0.05, 0.1) is 59.0 Å². The van der Waals surface area contributed by atoms with Gasteiger partial charge in [0.2, 0.25) is 0 Å². The van der Waals surface area contributed by atoms with Gasteiger partial charge < -0.3 is 43.0 Å². The highest BCUT2D eigenvalue weighted by molar-refractivity contribution is 5.73. The number of carbonyl (C=O) groups excluding carboxylic acids is 7. The Labute approximate surface area is 537 Å². The Morgan fingerprint density at radius 1 is 0.261 bits per heavy atom. The molecule has 1 amide bonds. The molecule has 0 aromatic heterocycles. The fourth-order valence-electron chi connectivity index (χ4n) is 10.5. The van der Waals surface area contributed by atoms with Crippen LogP contribution in [0.5, 0.6) is 0 Å². The summed E-state index contributed by atoms with van der Waals surface area (Å²) in [6.07, 6.45) is 46.4. The van der Waals surface area contributed by atoms with Crippen molar-refractivity contribution in [3.63, 3.8) is 0 Å². The maximum atomic E-state index is 13.4. The Hall–Kier alpha value is -3.95. The largest absolute Gasteiger partial charge is 0.465 e. The minimum Gasteiger partial charge on any atom is -0.465 e. The van der Waals surface area contributed by atoms with Gasteiger partial charge in [0, 0.05) is 44.1 Å². The molecule has 0 aliphatic carbocycles. The van der Waals surface area contributed by atoms with E-state index in [9.17, 15) is 33.6 Å². The molecule has 0 N–H and O–H groups in total. The van der Waals surface area contributed by atoms with Gasteiger partial charge in [-0.3, -0.25) is 28.8 Å². The van der Waals surface area contributed by atoms with Crippen LogP contribution in [0.15, 0.2) is 0 Å². The molecule has 16 nitrogen and oxygen atoms in total. The van der Waals surface area contributed by atoms with E-state index in [1.165, 1.54) is 159 Å². The van der Waals surface area contributed by atoms with Crippen LogP contribution in [0.25, 0.3) is 0 Å². The summed E-state index contributed by atoms with van der Waals surface area (Å²) in [6, 6.07) is 0. The number of hydrogen-bond donors (Lipinski definition) is 0. The maximum Gasteiger partial charge on any atom is 0.409 e. The zero-order chi connectivity index (χ0) is 64.6. The minimum absolute atomic E-state index is 0.0746. The highest BCUT2D eigenvalue weighted by atomic mass is 16.6. The van der Waals surface area contributed by atoms with E-state index in [2.05, 4.69) is 27.7 Å². The van der Waals surface area contributed by atoms with Crippen LogP contribution < -0.4 is 0 Å². The molecule has 0 saturated carbocycles. The molecular weight excluding hydrogens is 1120 g/mol. The van der Waals surface area contributed by atoms with Gasteiger partial charge in [-0.05, 0) is 46.2 Å². The third-order valence-electron chi connectivity index (χ3n) is 16.3. The molecule has 0 aromatic carbocycles. The van der Waals surface area contributed by atoms with Crippen molar-refractivity contribution in [2.75, 3.05) is 80.0 Å². The van der Waals surface area contributed by atoms with Gasteiger partial charge in [0.1, 0.15) is 13.2 Å². The standard InChI is InChI=1S/C72H134N2O14/c1-7-11-15-19-23-27-31-35-39-43-48-66(75)85-60-64(61-86-67(76)49-44-40-36-32-28-24-20-16-12-8-2)58-70(79)82-56-53-74(72(81)84-55-47-52-73(5)6)54-57-83-71(80)59-65(62-87-68(77)50-45-41-37-33-29-25-21-17-13-9-3)63-88-69(78)51-46-42-38-34-30-26-22-18-14-10-4/h64-65H,7-63H2,1-6H3. The first kappa shape index (κ1) is 84.0. The second kappa shape index (κ2) is 64.6. The molecule has 0 bridgehead atoms. The van der Waals surface area contributed by atoms with Crippen molar-refractivity contribution in [2.45, 2.75) is 329 Å². The smallest absolute Gasteiger partial charge is 0.409 e. The molecule has 516 valence electrons. The SMILES string of the molecule is CCCCCCCCCCCCC(=O)OCC(COC(=O)CCCCCCCCCCCC)CC(=O)OCCN(CCOC(=O)CC(COC(=O)CCCCCCCCCCCC)COC(=O)CCCCCCCCCCCC)C(=O)OCCCN(C)C. The summed E-state index contributed by atoms with van der Waals surface area (Å²) in [6.45, 7) is 8.70. The lowest BCUT2D eigenvalue weighted by molar-refractivity contribution is -0.155. The number of hydrogen-bond acceptors (Lipinski definition) is 15. The predicted octanol–water partition coefficient (Wildman–Crippen LogP) is 17.9. The zero-order valence-electron chi connectivity index (χ0n) is 57.6. The quantitative estimate of drug-likeness (QED) is 0.0317. The number of amides is 1. The monoisotopic (exact) mass is 1250 g/mol. The Bertz CT molecular complexity index is 1480. The summed E-state index contributed by atoms with van der Waals surface area (Å²) >= 11 is 0. The first-order chi connectivity index (χ1) is 42.8. The van der Waals surface area contributed by atoms with E-state index in [4.69, 9.17) is 33.2 Å². The summed E-state index contributed by atoms with van der Waals surface area (Å²) in [5.74, 6) is -3.95. The van der Waals surface area contributed by atoms with Gasteiger partial charge in [0.15, 0.2) is 0 Å². The zero-order valence-corrected chi connectivity index (χ0v) is 57.6. The number of nitrogens with zero attached hydrogens (tertiary/aromatic N) is 2. The van der Waals surface area contributed by atoms with E-state index in [0.717, 1.165) is 103 Å². The number of carbonyl (C=O) groups is 7. The Morgan fingerprint density at radius 3 is 0.739 bits per heavy atom. The summed E-state index contributed by atoms with van der Waals surface area (Å²) < 4.78 is 39.4. The summed E-state index contributed by atoms with van der Waals surface area (Å²) in [4.78, 5) is 95.0. The number of rotatable bonds is 66. The van der Waals surface area contributed by atoms with E-state index < -0.39 is 29.9 Å². The average molecular weight is 1250 g/mol. The molecule has 0 radical (unpaired) electrons. The Morgan fingerprint density at radius 2 is 0.500 bits per heavy atom. The fourth-order valence-corrected chi connectivity index (χ4v) is 10.5. The lowest BCUT2D eigenvalue weighted by Gasteiger charge is -2.23. The third-order valence-corrected chi connectivity index (χ3v) is 16.3. The molecular formula is C72H134N2O14. The molecule has 0 aliphatic heterocycles. The van der Waals surface area contributed by atoms with Crippen molar-refractivity contribution >= 4 is 41.9 Å². The molecule has 0 spiro atoms. The van der Waals surface area contributed by atoms with E-state index in [-0.39, 0.29) is 122 Å². The van der Waals surface area contributed by atoms with Crippen LogP contribution in [0.4, 0.5) is 4.79 Å². The second-order valence-electron chi connectivity index (χ2n) is 25.3. The summed E-state index contributed by atoms with van der Waals surface area (Å²) in [5, 5.41) is 0. The Balaban J connectivity index is 5.62. The normalized spacial score (nSPS) is 11.3. The van der Waals surface area contributed by atoms with Crippen LogP contribution in [-0.4, -0.2) is 132 Å². The highest BCUT2D eigenvalue weighted by Gasteiger charge is 2.24. The molecule has 0 aliphatic rings. The van der Waals surface area contributed by atoms with Crippen LogP contribution in [0.3, 0.4) is 0 Å². The number of ether oxygens (including phenoxy) is 7. The lowest BCUT2D eigenvalue weighted by Crippen LogP contribution is -2.38. The third kappa shape index (κ3) is 59.7. The van der Waals surface area contributed by atoms with Gasteiger partial charge in [-0.25, -0.2) is 4.79 Å². The molecule has 0 fully saturated rings. The summed E-state index contributed by atoms with van der Waals surface area (Å²) in [7, 11) is 3.84. The van der Waals surface area contributed by atoms with Crippen molar-refractivity contribution < 1.29 is 66.7 Å². The molecule has 0 rings (SSSR count). The van der Waals surface area contributed by atoms with Gasteiger partial charge in [-0.2, -0.15) is 0 Å². The van der Waals surface area contributed by atoms with Gasteiger partial charge in [-0.1, -0.05) is 259 Å². The van der Waals surface area contributed by atoms with E-state index in [0.29, 0.717) is 13.0 Å². The molecule has 0 atom stereocenters. The molecule has 0 aromatic rings. The van der Waals surface area contributed by atoms with Crippen LogP contribution in [0.2, 0.25) is 0 Å². The van der Waals surface area contributed by atoms with Gasteiger partial charge in [-0.15, -0.1) is 0 Å². The van der Waals surface area contributed by atoms with E-state index in [1.54, 1.807) is 0 Å². The van der Waals surface area contributed by atoms with Crippen molar-refractivity contribution in [3.05, 3.63) is 0 Å². The molecule has 0 heterocycles. The van der Waals surface area contributed by atoms with Crippen molar-refractivity contribution in [3.8, 4) is 0 Å². The molecule has 88 heavy (non-hydrogen) atoms. The lowest BCUT2D eigenvalue weighted by atomic mass is 10.1. The van der Waals surface area contributed by atoms with Crippen LogP contribution in [0.1, 0.15) is 329 Å². The molecule has 0 unspecified atom stereocenters.